The summed E-state index contributed by atoms with van der Waals surface area (Å²) in [7, 11) is 0. The Labute approximate surface area is 124 Å². The average Bonchev–Trinajstić information content (AvgIpc) is 2.53. The van der Waals surface area contributed by atoms with Gasteiger partial charge in [0.05, 0.1) is 12.0 Å². The Morgan fingerprint density at radius 3 is 2.20 bits per heavy atom. The highest BCUT2D eigenvalue weighted by Gasteiger charge is 2.31. The Morgan fingerprint density at radius 2 is 1.65 bits per heavy atom. The van der Waals surface area contributed by atoms with Crippen molar-refractivity contribution in [3.8, 4) is 5.75 Å². The Hall–Kier alpha value is -1.91. The lowest BCUT2D eigenvalue weighted by Crippen LogP contribution is -2.44. The monoisotopic (exact) mass is 287 g/mol. The van der Waals surface area contributed by atoms with E-state index in [1.807, 2.05) is 67.6 Å². The first-order valence-electron chi connectivity index (χ1n) is 6.35. The molecule has 0 radical (unpaired) electrons. The molecule has 0 fully saturated rings. The molecule has 2 aromatic carbocycles. The molecule has 104 valence electrons. The SMILES string of the molecule is CC(CO)(C(=S)NOc1ccccc1)c1ccccc1. The Morgan fingerprint density at radius 1 is 1.10 bits per heavy atom. The molecule has 0 spiro atoms. The number of nitrogens with one attached hydrogen (secondary N) is 1. The van der Waals surface area contributed by atoms with Gasteiger partial charge < -0.3 is 9.94 Å². The molecule has 1 atom stereocenters. The second kappa shape index (κ2) is 6.50. The third kappa shape index (κ3) is 3.15. The van der Waals surface area contributed by atoms with E-state index >= 15 is 0 Å². The van der Waals surface area contributed by atoms with Gasteiger partial charge in [0.15, 0.2) is 5.75 Å². The molecule has 0 aliphatic heterocycles. The molecule has 2 aromatic rings. The van der Waals surface area contributed by atoms with Crippen molar-refractivity contribution in [1.82, 2.24) is 5.48 Å². The van der Waals surface area contributed by atoms with E-state index in [1.165, 1.54) is 0 Å². The van der Waals surface area contributed by atoms with E-state index in [9.17, 15) is 5.11 Å². The zero-order chi connectivity index (χ0) is 14.4. The fourth-order valence-corrected chi connectivity index (χ4v) is 2.03. The minimum absolute atomic E-state index is 0.0962. The summed E-state index contributed by atoms with van der Waals surface area (Å²) in [6.07, 6.45) is 0. The minimum atomic E-state index is -0.675. The van der Waals surface area contributed by atoms with Gasteiger partial charge in [-0.2, -0.15) is 0 Å². The van der Waals surface area contributed by atoms with E-state index in [0.717, 1.165) is 5.56 Å². The van der Waals surface area contributed by atoms with E-state index in [0.29, 0.717) is 10.7 Å². The molecule has 3 nitrogen and oxygen atoms in total. The summed E-state index contributed by atoms with van der Waals surface area (Å²) in [5.74, 6) is 0.670. The van der Waals surface area contributed by atoms with Crippen LogP contribution in [0.4, 0.5) is 0 Å². The first kappa shape index (κ1) is 14.5. The normalized spacial score (nSPS) is 13.3. The largest absolute Gasteiger partial charge is 0.395 e. The lowest BCUT2D eigenvalue weighted by atomic mass is 9.83. The molecule has 0 amide bonds. The predicted molar refractivity (Wildman–Crippen MR) is 83.7 cm³/mol. The molecule has 0 saturated carbocycles. The van der Waals surface area contributed by atoms with E-state index in [4.69, 9.17) is 17.1 Å². The van der Waals surface area contributed by atoms with Gasteiger partial charge in [0.2, 0.25) is 0 Å². The van der Waals surface area contributed by atoms with Crippen molar-refractivity contribution in [3.05, 3.63) is 66.2 Å². The fourth-order valence-electron chi connectivity index (χ4n) is 1.81. The van der Waals surface area contributed by atoms with Gasteiger partial charge in [-0.15, -0.1) is 0 Å². The Kier molecular flexibility index (Phi) is 4.71. The first-order chi connectivity index (χ1) is 9.66. The van der Waals surface area contributed by atoms with Crippen LogP contribution in [0.25, 0.3) is 0 Å². The molecule has 0 bridgehead atoms. The molecule has 0 aliphatic rings. The Bertz CT molecular complexity index is 559. The molecule has 1 unspecified atom stereocenters. The molecule has 0 aromatic heterocycles. The maximum Gasteiger partial charge on any atom is 0.155 e. The number of hydrogen-bond acceptors (Lipinski definition) is 3. The summed E-state index contributed by atoms with van der Waals surface area (Å²) < 4.78 is 0. The smallest absolute Gasteiger partial charge is 0.155 e. The van der Waals surface area contributed by atoms with Gasteiger partial charge in [-0.3, -0.25) is 0 Å². The van der Waals surface area contributed by atoms with E-state index in [-0.39, 0.29) is 6.61 Å². The van der Waals surface area contributed by atoms with Crippen molar-refractivity contribution in [1.29, 1.82) is 0 Å². The van der Waals surface area contributed by atoms with Crippen LogP contribution in [0.1, 0.15) is 12.5 Å². The molecular formula is C16H17NO2S. The summed E-state index contributed by atoms with van der Waals surface area (Å²) in [5, 5.41) is 9.72. The standard InChI is InChI=1S/C16H17NO2S/c1-16(12-18,13-8-4-2-5-9-13)15(20)17-19-14-10-6-3-7-11-14/h2-11,18H,12H2,1H3,(H,17,20). The predicted octanol–water partition coefficient (Wildman–Crippen LogP) is 2.85. The van der Waals surface area contributed by atoms with Gasteiger partial charge in [0.1, 0.15) is 4.99 Å². The fraction of sp³-hybridized carbons (Fsp3) is 0.188. The van der Waals surface area contributed by atoms with Crippen LogP contribution < -0.4 is 10.3 Å². The maximum absolute atomic E-state index is 9.72. The molecule has 0 saturated heterocycles. The van der Waals surface area contributed by atoms with Crippen LogP contribution in [0.2, 0.25) is 0 Å². The number of para-hydroxylation sites is 1. The van der Waals surface area contributed by atoms with Crippen LogP contribution in [-0.2, 0) is 5.41 Å². The van der Waals surface area contributed by atoms with Crippen LogP contribution >= 0.6 is 12.2 Å². The lowest BCUT2D eigenvalue weighted by Gasteiger charge is -2.29. The zero-order valence-electron chi connectivity index (χ0n) is 11.2. The number of aliphatic hydroxyl groups is 1. The quantitative estimate of drug-likeness (QED) is 0.655. The number of hydrogen-bond donors (Lipinski definition) is 2. The number of hydroxylamine groups is 1. The number of thiocarbonyl (C=S) groups is 1. The van der Waals surface area contributed by atoms with Crippen LogP contribution in [0, 0.1) is 0 Å². The molecule has 0 heterocycles. The summed E-state index contributed by atoms with van der Waals surface area (Å²) in [6.45, 7) is 1.78. The van der Waals surface area contributed by atoms with Crippen LogP contribution in [0.15, 0.2) is 60.7 Å². The van der Waals surface area contributed by atoms with Crippen molar-refractivity contribution in [3.63, 3.8) is 0 Å². The van der Waals surface area contributed by atoms with Crippen molar-refractivity contribution in [2.75, 3.05) is 6.61 Å². The van der Waals surface area contributed by atoms with Crippen LogP contribution in [-0.4, -0.2) is 16.7 Å². The highest BCUT2D eigenvalue weighted by atomic mass is 32.1. The third-order valence-corrected chi connectivity index (χ3v) is 3.77. The van der Waals surface area contributed by atoms with Gasteiger partial charge >= 0.3 is 0 Å². The second-order valence-electron chi connectivity index (χ2n) is 4.70. The van der Waals surface area contributed by atoms with Crippen LogP contribution in [0.5, 0.6) is 5.75 Å². The molecule has 2 rings (SSSR count). The molecule has 4 heteroatoms. The van der Waals surface area contributed by atoms with Crippen LogP contribution in [0.3, 0.4) is 0 Å². The zero-order valence-corrected chi connectivity index (χ0v) is 12.1. The highest BCUT2D eigenvalue weighted by molar-refractivity contribution is 7.80. The number of benzene rings is 2. The second-order valence-corrected chi connectivity index (χ2v) is 5.11. The Balaban J connectivity index is 2.10. The third-order valence-electron chi connectivity index (χ3n) is 3.23. The van der Waals surface area contributed by atoms with Crippen molar-refractivity contribution in [2.24, 2.45) is 0 Å². The van der Waals surface area contributed by atoms with Gasteiger partial charge in [-0.25, -0.2) is 5.48 Å². The van der Waals surface area contributed by atoms with Gasteiger partial charge in [0.25, 0.3) is 0 Å². The van der Waals surface area contributed by atoms with E-state index < -0.39 is 5.41 Å². The highest BCUT2D eigenvalue weighted by Crippen LogP contribution is 2.24. The molecule has 2 N–H and O–H groups in total. The van der Waals surface area contributed by atoms with E-state index in [1.54, 1.807) is 0 Å². The molecular weight excluding hydrogens is 270 g/mol. The number of rotatable bonds is 5. The van der Waals surface area contributed by atoms with Gasteiger partial charge in [-0.1, -0.05) is 60.7 Å². The van der Waals surface area contributed by atoms with Crippen molar-refractivity contribution >= 4 is 17.2 Å². The molecule has 0 aliphatic carbocycles. The summed E-state index contributed by atoms with van der Waals surface area (Å²) in [4.78, 5) is 5.87. The number of aliphatic hydroxyl groups excluding tert-OH is 1. The minimum Gasteiger partial charge on any atom is -0.395 e. The maximum atomic E-state index is 9.72. The average molecular weight is 287 g/mol. The molecule has 20 heavy (non-hydrogen) atoms. The summed E-state index contributed by atoms with van der Waals surface area (Å²) in [6, 6.07) is 19.0. The summed E-state index contributed by atoms with van der Waals surface area (Å²) in [5.41, 5.74) is 3.03. The van der Waals surface area contributed by atoms with Gasteiger partial charge in [-0.05, 0) is 24.6 Å². The lowest BCUT2D eigenvalue weighted by molar-refractivity contribution is 0.219. The van der Waals surface area contributed by atoms with Crippen molar-refractivity contribution < 1.29 is 9.94 Å². The summed E-state index contributed by atoms with van der Waals surface area (Å²) >= 11 is 5.37. The van der Waals surface area contributed by atoms with Gasteiger partial charge in [0, 0.05) is 0 Å². The first-order valence-corrected chi connectivity index (χ1v) is 6.76. The van der Waals surface area contributed by atoms with E-state index in [2.05, 4.69) is 5.48 Å². The topological polar surface area (TPSA) is 41.5 Å². The van der Waals surface area contributed by atoms with Crippen molar-refractivity contribution in [2.45, 2.75) is 12.3 Å².